The van der Waals surface area contributed by atoms with Gasteiger partial charge in [0, 0.05) is 19.6 Å². The highest BCUT2D eigenvalue weighted by Crippen LogP contribution is 2.08. The number of hydrogen-bond acceptors (Lipinski definition) is 3. The van der Waals surface area contributed by atoms with Crippen LogP contribution in [0.15, 0.2) is 0 Å². The number of carbonyl (C=O) groups excluding carboxylic acids is 2. The van der Waals surface area contributed by atoms with Gasteiger partial charge in [0.15, 0.2) is 0 Å². The lowest BCUT2D eigenvalue weighted by Crippen LogP contribution is -2.47. The van der Waals surface area contributed by atoms with Crippen molar-refractivity contribution in [1.29, 1.82) is 0 Å². The van der Waals surface area contributed by atoms with Gasteiger partial charge in [0.2, 0.25) is 5.91 Å². The average Bonchev–Trinajstić information content (AvgIpc) is 2.42. The Kier molecular flexibility index (Phi) is 6.11. The van der Waals surface area contributed by atoms with E-state index < -0.39 is 12.0 Å². The van der Waals surface area contributed by atoms with Crippen LogP contribution in [-0.4, -0.2) is 65.5 Å². The Bertz CT molecular complexity index is 340. The van der Waals surface area contributed by atoms with Crippen molar-refractivity contribution in [3.8, 4) is 0 Å². The van der Waals surface area contributed by atoms with Crippen molar-refractivity contribution in [3.05, 3.63) is 0 Å². The maximum atomic E-state index is 11.8. The second kappa shape index (κ2) is 7.60. The fraction of sp³-hybridized carbons (Fsp3) is 0.750. The van der Waals surface area contributed by atoms with Crippen LogP contribution in [0.4, 0.5) is 4.79 Å². The Morgan fingerprint density at radius 1 is 1.21 bits per heavy atom. The van der Waals surface area contributed by atoms with Crippen LogP contribution in [0.3, 0.4) is 0 Å². The number of carboxylic acid groups (broad SMARTS) is 1. The number of piperidine rings is 1. The first-order valence-electron chi connectivity index (χ1n) is 6.57. The zero-order chi connectivity index (χ0) is 14.3. The van der Waals surface area contributed by atoms with E-state index in [2.05, 4.69) is 5.32 Å². The topological polar surface area (TPSA) is 90.0 Å². The molecule has 3 amide bonds. The Morgan fingerprint density at radius 3 is 2.37 bits per heavy atom. The molecule has 108 valence electrons. The van der Waals surface area contributed by atoms with E-state index >= 15 is 0 Å². The number of likely N-dealkylation sites (tertiary alicyclic amines) is 1. The van der Waals surface area contributed by atoms with Crippen molar-refractivity contribution in [2.24, 2.45) is 0 Å². The number of hydrogen-bond donors (Lipinski definition) is 2. The third-order valence-corrected chi connectivity index (χ3v) is 3.09. The summed E-state index contributed by atoms with van der Waals surface area (Å²) < 4.78 is 0. The molecule has 0 aromatic rings. The van der Waals surface area contributed by atoms with Gasteiger partial charge in [0.05, 0.1) is 6.54 Å². The molecular weight excluding hydrogens is 250 g/mol. The van der Waals surface area contributed by atoms with Crippen molar-refractivity contribution in [2.45, 2.75) is 26.2 Å². The SMILES string of the molecule is CCN(CC(=O)O)C(=O)NCC(=O)N1CCCCC1. The van der Waals surface area contributed by atoms with E-state index in [1.165, 1.54) is 0 Å². The van der Waals surface area contributed by atoms with E-state index in [4.69, 9.17) is 5.11 Å². The molecule has 2 N–H and O–H groups in total. The van der Waals surface area contributed by atoms with Gasteiger partial charge < -0.3 is 20.2 Å². The number of urea groups is 1. The first-order valence-corrected chi connectivity index (χ1v) is 6.57. The summed E-state index contributed by atoms with van der Waals surface area (Å²) in [6.45, 7) is 3.02. The summed E-state index contributed by atoms with van der Waals surface area (Å²) in [4.78, 5) is 36.9. The first kappa shape index (κ1) is 15.3. The lowest BCUT2D eigenvalue weighted by molar-refractivity contribution is -0.137. The third-order valence-electron chi connectivity index (χ3n) is 3.09. The van der Waals surface area contributed by atoms with Gasteiger partial charge in [0.25, 0.3) is 0 Å². The summed E-state index contributed by atoms with van der Waals surface area (Å²) in [5, 5.41) is 11.1. The molecule has 0 saturated carbocycles. The molecule has 0 aromatic carbocycles. The molecule has 1 fully saturated rings. The molecule has 0 unspecified atom stereocenters. The summed E-state index contributed by atoms with van der Waals surface area (Å²) in [5.41, 5.74) is 0. The molecule has 0 aromatic heterocycles. The molecule has 1 rings (SSSR count). The number of rotatable bonds is 5. The fourth-order valence-corrected chi connectivity index (χ4v) is 2.01. The van der Waals surface area contributed by atoms with Gasteiger partial charge in [-0.1, -0.05) is 0 Å². The fourth-order valence-electron chi connectivity index (χ4n) is 2.01. The van der Waals surface area contributed by atoms with Crippen molar-refractivity contribution < 1.29 is 19.5 Å². The first-order chi connectivity index (χ1) is 9.04. The van der Waals surface area contributed by atoms with Gasteiger partial charge in [-0.05, 0) is 26.2 Å². The maximum absolute atomic E-state index is 11.8. The quantitative estimate of drug-likeness (QED) is 0.743. The predicted molar refractivity (Wildman–Crippen MR) is 68.7 cm³/mol. The molecule has 0 aliphatic carbocycles. The van der Waals surface area contributed by atoms with E-state index in [1.54, 1.807) is 11.8 Å². The molecule has 1 aliphatic rings. The average molecular weight is 271 g/mol. The van der Waals surface area contributed by atoms with E-state index in [0.29, 0.717) is 0 Å². The second-order valence-electron chi connectivity index (χ2n) is 4.51. The van der Waals surface area contributed by atoms with E-state index in [1.807, 2.05) is 0 Å². The Hall–Kier alpha value is -1.79. The highest BCUT2D eigenvalue weighted by molar-refractivity contribution is 5.85. The lowest BCUT2D eigenvalue weighted by atomic mass is 10.1. The van der Waals surface area contributed by atoms with Crippen LogP contribution < -0.4 is 5.32 Å². The molecule has 1 aliphatic heterocycles. The largest absolute Gasteiger partial charge is 0.480 e. The van der Waals surface area contributed by atoms with Crippen LogP contribution in [0.5, 0.6) is 0 Å². The zero-order valence-corrected chi connectivity index (χ0v) is 11.2. The number of carboxylic acids is 1. The van der Waals surface area contributed by atoms with Crippen LogP contribution in [-0.2, 0) is 9.59 Å². The van der Waals surface area contributed by atoms with Gasteiger partial charge in [-0.15, -0.1) is 0 Å². The Morgan fingerprint density at radius 2 is 1.84 bits per heavy atom. The van der Waals surface area contributed by atoms with Gasteiger partial charge in [-0.25, -0.2) is 4.79 Å². The molecule has 1 saturated heterocycles. The van der Waals surface area contributed by atoms with Crippen LogP contribution >= 0.6 is 0 Å². The second-order valence-corrected chi connectivity index (χ2v) is 4.51. The normalized spacial score (nSPS) is 14.9. The van der Waals surface area contributed by atoms with Crippen LogP contribution in [0.1, 0.15) is 26.2 Å². The van der Waals surface area contributed by atoms with Gasteiger partial charge in [-0.3, -0.25) is 9.59 Å². The summed E-state index contributed by atoms with van der Waals surface area (Å²) in [5.74, 6) is -1.18. The molecule has 0 bridgehead atoms. The maximum Gasteiger partial charge on any atom is 0.323 e. The van der Waals surface area contributed by atoms with Crippen molar-refractivity contribution in [2.75, 3.05) is 32.7 Å². The number of aliphatic carboxylic acids is 1. The Labute approximate surface area is 112 Å². The van der Waals surface area contributed by atoms with Crippen LogP contribution in [0.25, 0.3) is 0 Å². The summed E-state index contributed by atoms with van der Waals surface area (Å²) >= 11 is 0. The number of nitrogens with one attached hydrogen (secondary N) is 1. The van der Waals surface area contributed by atoms with Gasteiger partial charge >= 0.3 is 12.0 Å². The third kappa shape index (κ3) is 5.15. The number of likely N-dealkylation sites (N-methyl/N-ethyl adjacent to an activating group) is 1. The smallest absolute Gasteiger partial charge is 0.323 e. The van der Waals surface area contributed by atoms with Crippen molar-refractivity contribution in [1.82, 2.24) is 15.1 Å². The highest BCUT2D eigenvalue weighted by atomic mass is 16.4. The summed E-state index contributed by atoms with van der Waals surface area (Å²) in [7, 11) is 0. The predicted octanol–water partition coefficient (Wildman–Crippen LogP) is 0.115. The van der Waals surface area contributed by atoms with E-state index in [9.17, 15) is 14.4 Å². The summed E-state index contributed by atoms with van der Waals surface area (Å²) in [6.07, 6.45) is 3.14. The lowest BCUT2D eigenvalue weighted by Gasteiger charge is -2.27. The molecule has 7 nitrogen and oxygen atoms in total. The zero-order valence-electron chi connectivity index (χ0n) is 11.2. The Balaban J connectivity index is 2.35. The van der Waals surface area contributed by atoms with Crippen molar-refractivity contribution >= 4 is 17.9 Å². The van der Waals surface area contributed by atoms with Gasteiger partial charge in [0.1, 0.15) is 6.54 Å². The molecule has 0 radical (unpaired) electrons. The molecule has 19 heavy (non-hydrogen) atoms. The monoisotopic (exact) mass is 271 g/mol. The number of amides is 3. The molecular formula is C12H21N3O4. The van der Waals surface area contributed by atoms with Crippen LogP contribution in [0.2, 0.25) is 0 Å². The van der Waals surface area contributed by atoms with E-state index in [-0.39, 0.29) is 25.5 Å². The van der Waals surface area contributed by atoms with Crippen molar-refractivity contribution in [3.63, 3.8) is 0 Å². The molecule has 1 heterocycles. The highest BCUT2D eigenvalue weighted by Gasteiger charge is 2.19. The minimum atomic E-state index is -1.07. The molecule has 7 heteroatoms. The van der Waals surface area contributed by atoms with Crippen LogP contribution in [0, 0.1) is 0 Å². The number of nitrogens with zero attached hydrogens (tertiary/aromatic N) is 2. The molecule has 0 spiro atoms. The standard InChI is InChI=1S/C12H21N3O4/c1-2-14(9-11(17)18)12(19)13-8-10(16)15-6-4-3-5-7-15/h2-9H2,1H3,(H,13,19)(H,17,18). The van der Waals surface area contributed by atoms with Gasteiger partial charge in [-0.2, -0.15) is 0 Å². The van der Waals surface area contributed by atoms with E-state index in [0.717, 1.165) is 37.3 Å². The molecule has 0 atom stereocenters. The minimum absolute atomic E-state index is 0.0745. The summed E-state index contributed by atoms with van der Waals surface area (Å²) in [6, 6.07) is -0.518. The number of carbonyl (C=O) groups is 3. The minimum Gasteiger partial charge on any atom is -0.480 e.